The molecule has 1 heterocycles. The molecule has 14 heavy (non-hydrogen) atoms. The molecule has 0 fully saturated rings. The first kappa shape index (κ1) is 10.5. The lowest BCUT2D eigenvalue weighted by molar-refractivity contribution is -0.119. The van der Waals surface area contributed by atoms with Crippen LogP contribution in [0.1, 0.15) is 16.6 Å². The summed E-state index contributed by atoms with van der Waals surface area (Å²) in [6.07, 6.45) is 0. The molecule has 1 rings (SSSR count). The van der Waals surface area contributed by atoms with Gasteiger partial charge in [-0.2, -0.15) is 0 Å². The number of nitrogens with two attached hydrogens (primary N) is 2. The van der Waals surface area contributed by atoms with E-state index in [1.165, 1.54) is 18.3 Å². The third-order valence-corrected chi connectivity index (χ3v) is 2.61. The summed E-state index contributed by atoms with van der Waals surface area (Å²) in [5.41, 5.74) is 10.9. The molecule has 1 aromatic rings. The van der Waals surface area contributed by atoms with E-state index in [-0.39, 0.29) is 5.91 Å². The molecule has 76 valence electrons. The van der Waals surface area contributed by atoms with Crippen LogP contribution < -0.4 is 16.8 Å². The Hall–Kier alpha value is -1.56. The Balaban J connectivity index is 2.69. The van der Waals surface area contributed by atoms with Crippen molar-refractivity contribution in [2.24, 2.45) is 5.73 Å². The summed E-state index contributed by atoms with van der Waals surface area (Å²) in [6.45, 7) is 1.52. The van der Waals surface area contributed by atoms with E-state index in [9.17, 15) is 9.59 Å². The molecule has 0 spiro atoms. The Labute approximate surface area is 85.1 Å². The second kappa shape index (κ2) is 4.10. The molecule has 0 aliphatic rings. The average Bonchev–Trinajstić information content (AvgIpc) is 2.51. The fraction of sp³-hybridized carbons (Fsp3) is 0.250. The molecular formula is C8H11N3O2S. The Kier molecular flexibility index (Phi) is 3.08. The van der Waals surface area contributed by atoms with Gasteiger partial charge in [0, 0.05) is 0 Å². The van der Waals surface area contributed by atoms with E-state index >= 15 is 0 Å². The molecule has 0 saturated carbocycles. The Morgan fingerprint density at radius 3 is 2.64 bits per heavy atom. The van der Waals surface area contributed by atoms with Gasteiger partial charge in [0.1, 0.15) is 10.9 Å². The SMILES string of the molecule is C[C@@H](NC(=O)c1sccc1N)C(N)=O. The monoisotopic (exact) mass is 213 g/mol. The van der Waals surface area contributed by atoms with Gasteiger partial charge in [0.2, 0.25) is 5.91 Å². The van der Waals surface area contributed by atoms with Gasteiger partial charge in [-0.25, -0.2) is 0 Å². The van der Waals surface area contributed by atoms with Crippen LogP contribution in [0.2, 0.25) is 0 Å². The molecule has 6 heteroatoms. The highest BCUT2D eigenvalue weighted by Crippen LogP contribution is 2.18. The second-order valence-corrected chi connectivity index (χ2v) is 3.72. The number of primary amides is 1. The predicted molar refractivity (Wildman–Crippen MR) is 54.9 cm³/mol. The number of nitrogen functional groups attached to an aromatic ring is 1. The standard InChI is InChI=1S/C8H11N3O2S/c1-4(7(10)12)11-8(13)6-5(9)2-3-14-6/h2-4H,9H2,1H3,(H2,10,12)(H,11,13)/t4-/m1/s1. The Morgan fingerprint density at radius 1 is 1.57 bits per heavy atom. The summed E-state index contributed by atoms with van der Waals surface area (Å²) in [6, 6.07) is 0.943. The molecule has 0 aliphatic heterocycles. The highest BCUT2D eigenvalue weighted by Gasteiger charge is 2.16. The highest BCUT2D eigenvalue weighted by atomic mass is 32.1. The van der Waals surface area contributed by atoms with E-state index in [4.69, 9.17) is 11.5 Å². The molecule has 0 aliphatic carbocycles. The summed E-state index contributed by atoms with van der Waals surface area (Å²) in [5.74, 6) is -0.947. The van der Waals surface area contributed by atoms with Crippen LogP contribution in [0, 0.1) is 0 Å². The van der Waals surface area contributed by atoms with Gasteiger partial charge in [0.15, 0.2) is 0 Å². The topological polar surface area (TPSA) is 98.2 Å². The van der Waals surface area contributed by atoms with Crippen molar-refractivity contribution < 1.29 is 9.59 Å². The molecule has 1 atom stereocenters. The minimum Gasteiger partial charge on any atom is -0.397 e. The van der Waals surface area contributed by atoms with Gasteiger partial charge >= 0.3 is 0 Å². The van der Waals surface area contributed by atoms with Crippen LogP contribution >= 0.6 is 11.3 Å². The zero-order chi connectivity index (χ0) is 10.7. The van der Waals surface area contributed by atoms with Crippen LogP contribution in [-0.2, 0) is 4.79 Å². The fourth-order valence-electron chi connectivity index (χ4n) is 0.837. The molecule has 5 nitrogen and oxygen atoms in total. The zero-order valence-corrected chi connectivity index (χ0v) is 8.43. The van der Waals surface area contributed by atoms with Crippen LogP contribution in [0.5, 0.6) is 0 Å². The van der Waals surface area contributed by atoms with Crippen LogP contribution in [0.25, 0.3) is 0 Å². The first-order chi connectivity index (χ1) is 6.52. The van der Waals surface area contributed by atoms with Gasteiger partial charge in [-0.15, -0.1) is 11.3 Å². The number of amides is 2. The summed E-state index contributed by atoms with van der Waals surface area (Å²) in [4.78, 5) is 22.5. The summed E-state index contributed by atoms with van der Waals surface area (Å²) >= 11 is 1.22. The maximum atomic E-state index is 11.5. The predicted octanol–water partition coefficient (Wildman–Crippen LogP) is -0.0661. The van der Waals surface area contributed by atoms with E-state index in [0.29, 0.717) is 10.6 Å². The lowest BCUT2D eigenvalue weighted by Crippen LogP contribution is -2.42. The van der Waals surface area contributed by atoms with Gasteiger partial charge in [-0.3, -0.25) is 9.59 Å². The van der Waals surface area contributed by atoms with Gasteiger partial charge in [-0.1, -0.05) is 0 Å². The first-order valence-corrected chi connectivity index (χ1v) is 4.83. The van der Waals surface area contributed by atoms with E-state index in [1.54, 1.807) is 11.4 Å². The molecular weight excluding hydrogens is 202 g/mol. The maximum absolute atomic E-state index is 11.5. The van der Waals surface area contributed by atoms with Crippen molar-refractivity contribution in [2.45, 2.75) is 13.0 Å². The number of carbonyl (C=O) groups excluding carboxylic acids is 2. The third kappa shape index (κ3) is 2.23. The van der Waals surface area contributed by atoms with Crippen molar-refractivity contribution in [3.05, 3.63) is 16.3 Å². The minimum absolute atomic E-state index is 0.371. The van der Waals surface area contributed by atoms with E-state index < -0.39 is 11.9 Å². The minimum atomic E-state index is -0.691. The van der Waals surface area contributed by atoms with Crippen LogP contribution in [0.3, 0.4) is 0 Å². The molecule has 0 bridgehead atoms. The highest BCUT2D eigenvalue weighted by molar-refractivity contribution is 7.12. The molecule has 0 radical (unpaired) electrons. The average molecular weight is 213 g/mol. The number of thiophene rings is 1. The molecule has 2 amide bonds. The Morgan fingerprint density at radius 2 is 2.21 bits per heavy atom. The largest absolute Gasteiger partial charge is 0.397 e. The van der Waals surface area contributed by atoms with Crippen molar-refractivity contribution in [3.63, 3.8) is 0 Å². The van der Waals surface area contributed by atoms with Crippen molar-refractivity contribution >= 4 is 28.8 Å². The van der Waals surface area contributed by atoms with Crippen molar-refractivity contribution in [3.8, 4) is 0 Å². The lowest BCUT2D eigenvalue weighted by atomic mass is 10.3. The van der Waals surface area contributed by atoms with E-state index in [0.717, 1.165) is 0 Å². The lowest BCUT2D eigenvalue weighted by Gasteiger charge is -2.08. The van der Waals surface area contributed by atoms with Crippen LogP contribution in [-0.4, -0.2) is 17.9 Å². The maximum Gasteiger partial charge on any atom is 0.264 e. The van der Waals surface area contributed by atoms with Gasteiger partial charge in [-0.05, 0) is 18.4 Å². The smallest absolute Gasteiger partial charge is 0.264 e. The number of hydrogen-bond acceptors (Lipinski definition) is 4. The van der Waals surface area contributed by atoms with E-state index in [1.807, 2.05) is 0 Å². The number of carbonyl (C=O) groups is 2. The summed E-state index contributed by atoms with van der Waals surface area (Å²) in [5, 5.41) is 4.15. The number of nitrogens with one attached hydrogen (secondary N) is 1. The number of rotatable bonds is 3. The third-order valence-electron chi connectivity index (χ3n) is 1.68. The molecule has 5 N–H and O–H groups in total. The zero-order valence-electron chi connectivity index (χ0n) is 7.61. The van der Waals surface area contributed by atoms with E-state index in [2.05, 4.69) is 5.32 Å². The molecule has 0 unspecified atom stereocenters. The quantitative estimate of drug-likeness (QED) is 0.655. The summed E-state index contributed by atoms with van der Waals surface area (Å²) in [7, 11) is 0. The van der Waals surface area contributed by atoms with Gasteiger partial charge in [0.05, 0.1) is 5.69 Å². The number of anilines is 1. The number of hydrogen-bond donors (Lipinski definition) is 3. The van der Waals surface area contributed by atoms with Crippen molar-refractivity contribution in [2.75, 3.05) is 5.73 Å². The van der Waals surface area contributed by atoms with Gasteiger partial charge < -0.3 is 16.8 Å². The van der Waals surface area contributed by atoms with Crippen molar-refractivity contribution in [1.29, 1.82) is 0 Å². The van der Waals surface area contributed by atoms with Crippen LogP contribution in [0.15, 0.2) is 11.4 Å². The Bertz CT molecular complexity index is 361. The normalized spacial score (nSPS) is 12.1. The molecule has 0 saturated heterocycles. The molecule has 0 aromatic carbocycles. The van der Waals surface area contributed by atoms with Gasteiger partial charge in [0.25, 0.3) is 5.91 Å². The summed E-state index contributed by atoms with van der Waals surface area (Å²) < 4.78 is 0. The molecule has 1 aromatic heterocycles. The second-order valence-electron chi connectivity index (χ2n) is 2.80. The first-order valence-electron chi connectivity index (χ1n) is 3.95. The van der Waals surface area contributed by atoms with Crippen LogP contribution in [0.4, 0.5) is 5.69 Å². The van der Waals surface area contributed by atoms with Crippen molar-refractivity contribution in [1.82, 2.24) is 5.32 Å². The fourth-order valence-corrected chi connectivity index (χ4v) is 1.56.